The van der Waals surface area contributed by atoms with E-state index in [2.05, 4.69) is 162 Å². The maximum absolute atomic E-state index is 6.59. The van der Waals surface area contributed by atoms with Crippen molar-refractivity contribution in [1.82, 2.24) is 19.5 Å². The maximum Gasteiger partial charge on any atom is 0.164 e. The van der Waals surface area contributed by atoms with Crippen LogP contribution >= 0.6 is 0 Å². The Hall–Kier alpha value is -9.39. The second-order valence-electron chi connectivity index (χ2n) is 17.5. The predicted molar refractivity (Wildman–Crippen MR) is 281 cm³/mol. The minimum atomic E-state index is 0.610. The fourth-order valence-corrected chi connectivity index (χ4v) is 10.3. The summed E-state index contributed by atoms with van der Waals surface area (Å²) in [6.07, 6.45) is 0. The normalized spacial score (nSPS) is 11.8. The molecule has 4 heterocycles. The SMILES string of the molecule is c1ccc(-c2nc(-c3ccccc3)nc(-c3cccc(-c4cccc5oc6ccc(-c7ccc8c(c7)c7cc(-c9cccc%10oc%11ccccc%11c9%10)ccc7n8-c7ccccc7)cc6c45)c3)n2)cc1. The highest BCUT2D eigenvalue weighted by Gasteiger charge is 2.20. The van der Waals surface area contributed by atoms with Gasteiger partial charge in [-0.25, -0.2) is 15.0 Å². The molecule has 6 nitrogen and oxygen atoms in total. The Morgan fingerprint density at radius 3 is 1.36 bits per heavy atom. The lowest BCUT2D eigenvalue weighted by molar-refractivity contribution is 0.668. The van der Waals surface area contributed by atoms with E-state index in [1.54, 1.807) is 0 Å². The molecule has 4 aromatic heterocycles. The van der Waals surface area contributed by atoms with Gasteiger partial charge in [-0.2, -0.15) is 0 Å². The zero-order valence-electron chi connectivity index (χ0n) is 37.0. The fraction of sp³-hybridized carbons (Fsp3) is 0. The average molecular weight is 883 g/mol. The molecule has 0 saturated carbocycles. The molecule has 6 heteroatoms. The van der Waals surface area contributed by atoms with Gasteiger partial charge in [-0.3, -0.25) is 0 Å². The second kappa shape index (κ2) is 15.6. The first kappa shape index (κ1) is 38.8. The number of para-hydroxylation sites is 2. The average Bonchev–Trinajstić information content (AvgIpc) is 4.10. The summed E-state index contributed by atoms with van der Waals surface area (Å²) in [5.41, 5.74) is 16.3. The summed E-state index contributed by atoms with van der Waals surface area (Å²) in [7, 11) is 0. The van der Waals surface area contributed by atoms with Crippen LogP contribution in [0.15, 0.2) is 239 Å². The monoisotopic (exact) mass is 882 g/mol. The van der Waals surface area contributed by atoms with Crippen LogP contribution < -0.4 is 0 Å². The number of hydrogen-bond acceptors (Lipinski definition) is 5. The molecule has 69 heavy (non-hydrogen) atoms. The molecule has 0 radical (unpaired) electrons. The Morgan fingerprint density at radius 1 is 0.275 bits per heavy atom. The van der Waals surface area contributed by atoms with Crippen LogP contribution in [0.1, 0.15) is 0 Å². The number of furan rings is 2. The van der Waals surface area contributed by atoms with E-state index in [0.29, 0.717) is 17.5 Å². The Labute approximate surface area is 396 Å². The van der Waals surface area contributed by atoms with Crippen LogP contribution in [0, 0.1) is 0 Å². The van der Waals surface area contributed by atoms with Crippen molar-refractivity contribution < 1.29 is 8.83 Å². The second-order valence-corrected chi connectivity index (χ2v) is 17.5. The molecule has 0 bridgehead atoms. The first-order chi connectivity index (χ1) is 34.2. The van der Waals surface area contributed by atoms with Crippen molar-refractivity contribution in [2.24, 2.45) is 0 Å². The zero-order valence-corrected chi connectivity index (χ0v) is 37.0. The highest BCUT2D eigenvalue weighted by molar-refractivity contribution is 6.17. The number of rotatable bonds is 7. The number of fused-ring (bicyclic) bond motifs is 9. The van der Waals surface area contributed by atoms with Crippen molar-refractivity contribution >= 4 is 65.7 Å². The van der Waals surface area contributed by atoms with Gasteiger partial charge in [-0.1, -0.05) is 158 Å². The summed E-state index contributed by atoms with van der Waals surface area (Å²) in [5, 5.41) is 6.72. The van der Waals surface area contributed by atoms with Crippen LogP contribution in [0.2, 0.25) is 0 Å². The lowest BCUT2D eigenvalue weighted by Gasteiger charge is -2.10. The molecule has 0 unspecified atom stereocenters. The van der Waals surface area contributed by atoms with Crippen molar-refractivity contribution in [3.63, 3.8) is 0 Å². The maximum atomic E-state index is 6.59. The molecule has 14 aromatic rings. The molecule has 322 valence electrons. The zero-order chi connectivity index (χ0) is 45.4. The van der Waals surface area contributed by atoms with Gasteiger partial charge in [0.1, 0.15) is 22.3 Å². The van der Waals surface area contributed by atoms with Gasteiger partial charge >= 0.3 is 0 Å². The molecule has 0 N–H and O–H groups in total. The van der Waals surface area contributed by atoms with E-state index in [-0.39, 0.29) is 0 Å². The van der Waals surface area contributed by atoms with Crippen LogP contribution in [0.25, 0.3) is 139 Å². The van der Waals surface area contributed by atoms with Gasteiger partial charge in [-0.15, -0.1) is 0 Å². The van der Waals surface area contributed by atoms with Crippen molar-refractivity contribution in [3.8, 4) is 73.2 Å². The van der Waals surface area contributed by atoms with Crippen LogP contribution in [0.5, 0.6) is 0 Å². The van der Waals surface area contributed by atoms with E-state index in [9.17, 15) is 0 Å². The summed E-state index contributed by atoms with van der Waals surface area (Å²) >= 11 is 0. The number of benzene rings is 10. The molecular weight excluding hydrogens is 845 g/mol. The first-order valence-electron chi connectivity index (χ1n) is 23.2. The van der Waals surface area contributed by atoms with E-state index in [1.165, 1.54) is 10.8 Å². The summed E-state index contributed by atoms with van der Waals surface area (Å²) in [6.45, 7) is 0. The smallest absolute Gasteiger partial charge is 0.164 e. The Kier molecular flexibility index (Phi) is 8.79. The van der Waals surface area contributed by atoms with Gasteiger partial charge in [0.2, 0.25) is 0 Å². The highest BCUT2D eigenvalue weighted by Crippen LogP contribution is 2.43. The van der Waals surface area contributed by atoms with E-state index in [4.69, 9.17) is 23.8 Å². The summed E-state index contributed by atoms with van der Waals surface area (Å²) < 4.78 is 15.3. The molecule has 0 aliphatic carbocycles. The van der Waals surface area contributed by atoms with Crippen LogP contribution in [0.3, 0.4) is 0 Å². The minimum absolute atomic E-state index is 0.610. The van der Waals surface area contributed by atoms with Crippen LogP contribution in [-0.4, -0.2) is 19.5 Å². The minimum Gasteiger partial charge on any atom is -0.456 e. The number of aromatic nitrogens is 4. The van der Waals surface area contributed by atoms with Crippen molar-refractivity contribution in [1.29, 1.82) is 0 Å². The molecule has 10 aromatic carbocycles. The van der Waals surface area contributed by atoms with Gasteiger partial charge in [0.25, 0.3) is 0 Å². The van der Waals surface area contributed by atoms with Gasteiger partial charge in [-0.05, 0) is 106 Å². The lowest BCUT2D eigenvalue weighted by Crippen LogP contribution is -2.00. The Bertz CT molecular complexity index is 4250. The van der Waals surface area contributed by atoms with E-state index in [1.807, 2.05) is 72.8 Å². The molecule has 14 rings (SSSR count). The van der Waals surface area contributed by atoms with Gasteiger partial charge in [0.15, 0.2) is 17.5 Å². The molecule has 0 aliphatic heterocycles. The van der Waals surface area contributed by atoms with Crippen molar-refractivity contribution in [3.05, 3.63) is 231 Å². The van der Waals surface area contributed by atoms with Crippen molar-refractivity contribution in [2.75, 3.05) is 0 Å². The van der Waals surface area contributed by atoms with E-state index >= 15 is 0 Å². The van der Waals surface area contributed by atoms with Gasteiger partial charge < -0.3 is 13.4 Å². The molecule has 0 spiro atoms. The Morgan fingerprint density at radius 2 is 0.710 bits per heavy atom. The fourth-order valence-electron chi connectivity index (χ4n) is 10.3. The molecule has 0 atom stereocenters. The molecule has 0 aliphatic rings. The van der Waals surface area contributed by atoms with Crippen LogP contribution in [0.4, 0.5) is 0 Å². The van der Waals surface area contributed by atoms with Gasteiger partial charge in [0.05, 0.1) is 11.0 Å². The summed E-state index contributed by atoms with van der Waals surface area (Å²) in [6, 6.07) is 80.5. The van der Waals surface area contributed by atoms with E-state index in [0.717, 1.165) is 111 Å². The predicted octanol–water partition coefficient (Wildman–Crippen LogP) is 16.8. The first-order valence-corrected chi connectivity index (χ1v) is 23.2. The van der Waals surface area contributed by atoms with E-state index < -0.39 is 0 Å². The highest BCUT2D eigenvalue weighted by atomic mass is 16.3. The Balaban J connectivity index is 0.909. The third-order valence-electron chi connectivity index (χ3n) is 13.5. The van der Waals surface area contributed by atoms with Crippen LogP contribution in [-0.2, 0) is 0 Å². The third kappa shape index (κ3) is 6.45. The topological polar surface area (TPSA) is 69.9 Å². The molecular formula is C63H38N4O2. The lowest BCUT2D eigenvalue weighted by atomic mass is 9.95. The van der Waals surface area contributed by atoms with Gasteiger partial charge in [0, 0.05) is 54.7 Å². The quantitative estimate of drug-likeness (QED) is 0.159. The summed E-state index contributed by atoms with van der Waals surface area (Å²) in [5.74, 6) is 1.87. The third-order valence-corrected chi connectivity index (χ3v) is 13.5. The number of hydrogen-bond donors (Lipinski definition) is 0. The summed E-state index contributed by atoms with van der Waals surface area (Å²) in [4.78, 5) is 15.0. The number of nitrogens with zero attached hydrogens (tertiary/aromatic N) is 4. The standard InChI is InChI=1S/C63H38N4O2/c1-4-15-39(16-5-1)61-64-62(40-17-6-2-7-18-40)66-63(65-61)45-20-12-19-43(35-45)47-24-13-28-58-60(47)52-37-42(31-34-56(52)69-58)41-29-32-53-50(36-41)51-38-44(30-33-54(51)67(53)46-21-8-3-9-22-46)48-25-14-27-57-59(48)49-23-10-11-26-55(49)68-57/h1-38H. The van der Waals surface area contributed by atoms with Crippen molar-refractivity contribution in [2.45, 2.75) is 0 Å². The molecule has 0 amide bonds. The molecule has 0 saturated heterocycles. The largest absolute Gasteiger partial charge is 0.456 e. The molecule has 0 fully saturated rings.